The molecule has 6 atom stereocenters. The number of carbonyl (C=O) groups excluding carboxylic acids is 4. The molecule has 44 heavy (non-hydrogen) atoms. The summed E-state index contributed by atoms with van der Waals surface area (Å²) < 4.78 is 14.7. The number of anilines is 3. The van der Waals surface area contributed by atoms with E-state index in [4.69, 9.17) is 23.2 Å². The fourth-order valence-electron chi connectivity index (χ4n) is 7.46. The van der Waals surface area contributed by atoms with Crippen molar-refractivity contribution < 1.29 is 28.7 Å². The van der Waals surface area contributed by atoms with Crippen LogP contribution >= 0.6 is 23.2 Å². The predicted octanol–water partition coefficient (Wildman–Crippen LogP) is 5.47. The molecule has 1 saturated carbocycles. The van der Waals surface area contributed by atoms with E-state index in [1.54, 1.807) is 30.3 Å². The molecule has 0 bridgehead atoms. The van der Waals surface area contributed by atoms with Gasteiger partial charge >= 0.3 is 0 Å². The number of likely N-dealkylation sites (tertiary alicyclic amines) is 1. The number of aromatic hydroxyl groups is 1. The van der Waals surface area contributed by atoms with Crippen LogP contribution in [0.15, 0.2) is 84.4 Å². The summed E-state index contributed by atoms with van der Waals surface area (Å²) in [5.41, 5.74) is 2.83. The van der Waals surface area contributed by atoms with E-state index in [1.807, 2.05) is 30.3 Å². The van der Waals surface area contributed by atoms with Crippen molar-refractivity contribution in [3.8, 4) is 5.75 Å². The molecule has 2 N–H and O–H groups in total. The SMILES string of the molecule is CN1C(=O)[C@]2(Cl)C[C@@H]3C(=CC[C@@H]4C(=O)N(c5ccc(Nc6ccccc6)cc5)C(=O)[C@@H]43)[C@H](c3ccc(O)c(F)c3)[C@]2(Cl)C1=O. The smallest absolute Gasteiger partial charge is 0.253 e. The first-order valence-electron chi connectivity index (χ1n) is 14.2. The number of amides is 4. The van der Waals surface area contributed by atoms with Gasteiger partial charge in [0.05, 0.1) is 17.5 Å². The normalized spacial score (nSPS) is 31.0. The number of benzene rings is 3. The third-order valence-electron chi connectivity index (χ3n) is 9.51. The zero-order valence-electron chi connectivity index (χ0n) is 23.3. The summed E-state index contributed by atoms with van der Waals surface area (Å²) in [4.78, 5) is 53.1. The van der Waals surface area contributed by atoms with E-state index in [9.17, 15) is 28.7 Å². The number of para-hydroxylation sites is 1. The molecular formula is C33H26Cl2FN3O5. The zero-order chi connectivity index (χ0) is 31.1. The molecule has 3 aromatic carbocycles. The maximum atomic E-state index is 14.7. The van der Waals surface area contributed by atoms with E-state index in [1.165, 1.54) is 18.0 Å². The van der Waals surface area contributed by atoms with E-state index in [0.29, 0.717) is 11.3 Å². The molecule has 3 aromatic rings. The molecule has 8 nitrogen and oxygen atoms in total. The molecule has 0 radical (unpaired) electrons. The van der Waals surface area contributed by atoms with Gasteiger partial charge in [0, 0.05) is 24.3 Å². The third kappa shape index (κ3) is 3.81. The number of alkyl halides is 2. The molecule has 2 aliphatic heterocycles. The van der Waals surface area contributed by atoms with Crippen molar-refractivity contribution in [3.05, 3.63) is 95.8 Å². The van der Waals surface area contributed by atoms with Crippen LogP contribution in [0.5, 0.6) is 5.75 Å². The molecule has 0 unspecified atom stereocenters. The summed E-state index contributed by atoms with van der Waals surface area (Å²) in [6.07, 6.45) is 1.80. The Labute approximate surface area is 262 Å². The van der Waals surface area contributed by atoms with Crippen LogP contribution in [0.4, 0.5) is 21.5 Å². The topological polar surface area (TPSA) is 107 Å². The lowest BCUT2D eigenvalue weighted by atomic mass is 9.56. The fraction of sp³-hybridized carbons (Fsp3) is 0.273. The summed E-state index contributed by atoms with van der Waals surface area (Å²) >= 11 is 14.2. The average Bonchev–Trinajstić information content (AvgIpc) is 3.34. The fourth-order valence-corrected chi connectivity index (χ4v) is 8.48. The van der Waals surface area contributed by atoms with E-state index in [2.05, 4.69) is 5.32 Å². The van der Waals surface area contributed by atoms with Gasteiger partial charge in [-0.3, -0.25) is 29.0 Å². The quantitative estimate of drug-likeness (QED) is 0.224. The van der Waals surface area contributed by atoms with Crippen molar-refractivity contribution in [1.82, 2.24) is 4.90 Å². The second kappa shape index (κ2) is 9.90. The van der Waals surface area contributed by atoms with Crippen molar-refractivity contribution in [3.63, 3.8) is 0 Å². The van der Waals surface area contributed by atoms with Gasteiger partial charge in [0.25, 0.3) is 11.8 Å². The number of phenols is 1. The first-order chi connectivity index (χ1) is 21.0. The number of fused-ring (bicyclic) bond motifs is 4. The van der Waals surface area contributed by atoms with Gasteiger partial charge in [-0.1, -0.05) is 35.9 Å². The molecule has 0 aromatic heterocycles. The van der Waals surface area contributed by atoms with Crippen LogP contribution in [-0.4, -0.2) is 50.4 Å². The van der Waals surface area contributed by atoms with Crippen molar-refractivity contribution in [2.45, 2.75) is 28.5 Å². The number of nitrogens with one attached hydrogen (secondary N) is 1. The number of hydrogen-bond acceptors (Lipinski definition) is 6. The predicted molar refractivity (Wildman–Crippen MR) is 162 cm³/mol. The molecule has 3 fully saturated rings. The van der Waals surface area contributed by atoms with Crippen molar-refractivity contribution in [2.75, 3.05) is 17.3 Å². The third-order valence-corrected chi connectivity index (χ3v) is 10.9. The van der Waals surface area contributed by atoms with E-state index >= 15 is 0 Å². The largest absolute Gasteiger partial charge is 0.505 e. The van der Waals surface area contributed by atoms with Crippen LogP contribution in [-0.2, 0) is 19.2 Å². The van der Waals surface area contributed by atoms with Gasteiger partial charge in [-0.15, -0.1) is 23.2 Å². The van der Waals surface area contributed by atoms with Crippen molar-refractivity contribution >= 4 is 63.9 Å². The van der Waals surface area contributed by atoms with Gasteiger partial charge in [0.2, 0.25) is 11.8 Å². The Morgan fingerprint density at radius 3 is 2.25 bits per heavy atom. The molecule has 2 aliphatic carbocycles. The Morgan fingerprint density at radius 2 is 1.57 bits per heavy atom. The molecule has 4 aliphatic rings. The van der Waals surface area contributed by atoms with Gasteiger partial charge in [-0.25, -0.2) is 4.39 Å². The van der Waals surface area contributed by atoms with Crippen molar-refractivity contribution in [2.24, 2.45) is 17.8 Å². The van der Waals surface area contributed by atoms with E-state index in [-0.39, 0.29) is 24.3 Å². The number of halogens is 3. The summed E-state index contributed by atoms with van der Waals surface area (Å²) in [6.45, 7) is 0. The average molecular weight is 634 g/mol. The molecule has 224 valence electrons. The highest BCUT2D eigenvalue weighted by molar-refractivity contribution is 6.53. The van der Waals surface area contributed by atoms with Gasteiger partial charge in [0.1, 0.15) is 0 Å². The molecule has 2 heterocycles. The number of allylic oxidation sites excluding steroid dienone is 2. The molecule has 2 saturated heterocycles. The summed E-state index contributed by atoms with van der Waals surface area (Å²) in [7, 11) is 1.29. The van der Waals surface area contributed by atoms with Gasteiger partial charge in [-0.2, -0.15) is 0 Å². The Morgan fingerprint density at radius 1 is 0.886 bits per heavy atom. The minimum atomic E-state index is -2.02. The summed E-state index contributed by atoms with van der Waals surface area (Å²) in [6, 6.07) is 20.1. The van der Waals surface area contributed by atoms with Gasteiger partial charge in [0.15, 0.2) is 21.3 Å². The maximum Gasteiger partial charge on any atom is 0.253 e. The van der Waals surface area contributed by atoms with Crippen LogP contribution in [0.1, 0.15) is 24.3 Å². The number of phenolic OH excluding ortho intramolecular Hbond substituents is 1. The van der Waals surface area contributed by atoms with Gasteiger partial charge in [-0.05, 0) is 72.9 Å². The Bertz CT molecular complexity index is 1780. The van der Waals surface area contributed by atoms with Crippen LogP contribution in [0.25, 0.3) is 0 Å². The number of hydrogen-bond donors (Lipinski definition) is 2. The lowest BCUT2D eigenvalue weighted by Gasteiger charge is -2.50. The highest BCUT2D eigenvalue weighted by Crippen LogP contribution is 2.65. The number of carbonyl (C=O) groups is 4. The zero-order valence-corrected chi connectivity index (χ0v) is 24.8. The second-order valence-electron chi connectivity index (χ2n) is 11.8. The summed E-state index contributed by atoms with van der Waals surface area (Å²) in [5.74, 6) is -7.23. The standard InChI is InChI=1S/C33H26Cl2FN3O5/c1-38-30(43)32(34)16-23-21(27(33(32,35)31(38)44)17-7-14-25(40)24(36)15-17)12-13-22-26(23)29(42)39(28(22)41)20-10-8-19(9-11-20)37-18-5-3-2-4-6-18/h2-12,14-15,22-23,26-27,37,40H,13,16H2,1H3/t22-,23+,26-,27-,32+,33-/m0/s1. The molecular weight excluding hydrogens is 608 g/mol. The first-order valence-corrected chi connectivity index (χ1v) is 14.9. The Hall–Kier alpha value is -4.21. The minimum Gasteiger partial charge on any atom is -0.505 e. The number of imide groups is 2. The van der Waals surface area contributed by atoms with Crippen LogP contribution < -0.4 is 10.2 Å². The lowest BCUT2D eigenvalue weighted by molar-refractivity contribution is -0.138. The molecule has 4 amide bonds. The highest BCUT2D eigenvalue weighted by Gasteiger charge is 2.75. The van der Waals surface area contributed by atoms with Crippen LogP contribution in [0, 0.1) is 23.6 Å². The van der Waals surface area contributed by atoms with Crippen LogP contribution in [0.3, 0.4) is 0 Å². The Balaban J connectivity index is 1.27. The highest BCUT2D eigenvalue weighted by atomic mass is 35.5. The number of rotatable bonds is 4. The van der Waals surface area contributed by atoms with Crippen LogP contribution in [0.2, 0.25) is 0 Å². The monoisotopic (exact) mass is 633 g/mol. The minimum absolute atomic E-state index is 0.163. The van der Waals surface area contributed by atoms with Gasteiger partial charge < -0.3 is 10.4 Å². The number of nitrogens with zero attached hydrogens (tertiary/aromatic N) is 2. The van der Waals surface area contributed by atoms with E-state index in [0.717, 1.165) is 28.4 Å². The molecule has 7 rings (SSSR count). The maximum absolute atomic E-state index is 14.7. The summed E-state index contributed by atoms with van der Waals surface area (Å²) in [5, 5.41) is 13.1. The van der Waals surface area contributed by atoms with Crippen molar-refractivity contribution in [1.29, 1.82) is 0 Å². The lowest BCUT2D eigenvalue weighted by Crippen LogP contribution is -2.60. The Kier molecular flexibility index (Phi) is 6.43. The van der Waals surface area contributed by atoms with E-state index < -0.39 is 62.7 Å². The second-order valence-corrected chi connectivity index (χ2v) is 13.0. The molecule has 11 heteroatoms. The molecule has 0 spiro atoms. The first kappa shape index (κ1) is 28.6.